The molecular weight excluding hydrogens is 419 g/mol. The Hall–Kier alpha value is -3.01. The van der Waals surface area contributed by atoms with Crippen molar-refractivity contribution in [2.45, 2.75) is 13.5 Å². The Bertz CT molecular complexity index is 1140. The average Bonchev–Trinajstić information content (AvgIpc) is 3.09. The first-order valence-electron chi connectivity index (χ1n) is 9.37. The molecule has 0 bridgehead atoms. The lowest BCUT2D eigenvalue weighted by Gasteiger charge is -2.08. The van der Waals surface area contributed by atoms with Crippen LogP contribution in [0, 0.1) is 6.92 Å². The zero-order valence-electron chi connectivity index (χ0n) is 16.2. The number of aryl methyl sites for hydroxylation is 1. The van der Waals surface area contributed by atoms with Crippen LogP contribution >= 0.6 is 23.2 Å². The maximum atomic E-state index is 12.2. The Morgan fingerprint density at radius 2 is 1.70 bits per heavy atom. The quantitative estimate of drug-likeness (QED) is 0.323. The van der Waals surface area contributed by atoms with E-state index in [0.29, 0.717) is 33.7 Å². The van der Waals surface area contributed by atoms with Gasteiger partial charge in [-0.1, -0.05) is 71.2 Å². The van der Waals surface area contributed by atoms with Crippen molar-refractivity contribution in [3.8, 4) is 5.75 Å². The predicted molar refractivity (Wildman–Crippen MR) is 120 cm³/mol. The molecule has 0 fully saturated rings. The summed E-state index contributed by atoms with van der Waals surface area (Å²) in [6.07, 6.45) is 3.56. The van der Waals surface area contributed by atoms with E-state index in [1.54, 1.807) is 24.3 Å². The topological polar surface area (TPSA) is 35.5 Å². The number of carbonyl (C=O) groups is 1. The Labute approximate surface area is 185 Å². The van der Waals surface area contributed by atoms with Crippen LogP contribution in [0.2, 0.25) is 10.0 Å². The van der Waals surface area contributed by atoms with Crippen LogP contribution in [-0.4, -0.2) is 5.97 Å². The fraction of sp³-hybridized carbons (Fsp3) is 0.0800. The molecule has 5 heteroatoms. The molecular formula is C25H18Cl2O3. The van der Waals surface area contributed by atoms with Gasteiger partial charge in [0.05, 0.1) is 5.57 Å². The number of cyclic esters (lactones) is 1. The van der Waals surface area contributed by atoms with Gasteiger partial charge in [-0.05, 0) is 48.9 Å². The summed E-state index contributed by atoms with van der Waals surface area (Å²) in [4.78, 5) is 12.2. The monoisotopic (exact) mass is 436 g/mol. The lowest BCUT2D eigenvalue weighted by atomic mass is 10.1. The number of benzene rings is 3. The second-order valence-electron chi connectivity index (χ2n) is 6.96. The van der Waals surface area contributed by atoms with E-state index in [2.05, 4.69) is 0 Å². The van der Waals surface area contributed by atoms with Crippen molar-refractivity contribution in [1.82, 2.24) is 0 Å². The van der Waals surface area contributed by atoms with E-state index < -0.39 is 0 Å². The zero-order chi connectivity index (χ0) is 21.1. The molecule has 0 radical (unpaired) electrons. The Balaban J connectivity index is 1.45. The predicted octanol–water partition coefficient (Wildman–Crippen LogP) is 6.86. The van der Waals surface area contributed by atoms with Crippen LogP contribution in [0.15, 0.2) is 78.4 Å². The molecule has 0 N–H and O–H groups in total. The largest absolute Gasteiger partial charge is 0.489 e. The molecule has 3 nitrogen and oxygen atoms in total. The highest BCUT2D eigenvalue weighted by Gasteiger charge is 2.21. The molecule has 0 aliphatic carbocycles. The maximum Gasteiger partial charge on any atom is 0.343 e. The van der Waals surface area contributed by atoms with Crippen molar-refractivity contribution in [3.63, 3.8) is 0 Å². The van der Waals surface area contributed by atoms with Gasteiger partial charge in [0, 0.05) is 21.2 Å². The van der Waals surface area contributed by atoms with Gasteiger partial charge in [-0.15, -0.1) is 0 Å². The van der Waals surface area contributed by atoms with Crippen LogP contribution in [0.4, 0.5) is 0 Å². The summed E-state index contributed by atoms with van der Waals surface area (Å²) in [5.41, 5.74) is 4.27. The summed E-state index contributed by atoms with van der Waals surface area (Å²) in [5.74, 6) is 0.905. The van der Waals surface area contributed by atoms with Gasteiger partial charge in [0.2, 0.25) is 0 Å². The fourth-order valence-corrected chi connectivity index (χ4v) is 3.45. The third kappa shape index (κ3) is 4.76. The molecule has 0 aromatic heterocycles. The summed E-state index contributed by atoms with van der Waals surface area (Å²) in [5, 5.41) is 1.16. The lowest BCUT2D eigenvalue weighted by molar-refractivity contribution is -0.130. The van der Waals surface area contributed by atoms with Gasteiger partial charge in [0.15, 0.2) is 0 Å². The molecule has 0 saturated carbocycles. The van der Waals surface area contributed by atoms with Crippen molar-refractivity contribution < 1.29 is 14.3 Å². The number of ether oxygens (including phenoxy) is 2. The summed E-state index contributed by atoms with van der Waals surface area (Å²) in [6.45, 7) is 2.35. The van der Waals surface area contributed by atoms with Gasteiger partial charge in [-0.2, -0.15) is 0 Å². The number of hydrogen-bond donors (Lipinski definition) is 0. The normalized spacial score (nSPS) is 14.6. The van der Waals surface area contributed by atoms with Crippen LogP contribution in [-0.2, 0) is 16.1 Å². The third-order valence-corrected chi connectivity index (χ3v) is 5.26. The van der Waals surface area contributed by atoms with Crippen molar-refractivity contribution in [1.29, 1.82) is 0 Å². The molecule has 30 heavy (non-hydrogen) atoms. The molecule has 0 unspecified atom stereocenters. The Morgan fingerprint density at radius 3 is 2.40 bits per heavy atom. The molecule has 1 aliphatic heterocycles. The SMILES string of the molecule is Cc1ccc(C2=C/C(=C\c3ccc(OCc4ccc(Cl)cc4Cl)cc3)C(=O)O2)cc1. The van der Waals surface area contributed by atoms with Gasteiger partial charge in [-0.3, -0.25) is 0 Å². The van der Waals surface area contributed by atoms with Crippen molar-refractivity contribution in [2.75, 3.05) is 0 Å². The summed E-state index contributed by atoms with van der Waals surface area (Å²) < 4.78 is 11.2. The van der Waals surface area contributed by atoms with Gasteiger partial charge >= 0.3 is 5.97 Å². The minimum atomic E-state index is -0.358. The van der Waals surface area contributed by atoms with Crippen LogP contribution in [0.1, 0.15) is 22.3 Å². The van der Waals surface area contributed by atoms with Crippen LogP contribution in [0.25, 0.3) is 11.8 Å². The third-order valence-electron chi connectivity index (χ3n) is 4.67. The van der Waals surface area contributed by atoms with E-state index in [1.165, 1.54) is 0 Å². The number of rotatable bonds is 5. The first-order chi connectivity index (χ1) is 14.5. The molecule has 4 rings (SSSR count). The molecule has 1 aliphatic rings. The number of esters is 1. The van der Waals surface area contributed by atoms with E-state index >= 15 is 0 Å². The Kier molecular flexibility index (Phi) is 5.93. The van der Waals surface area contributed by atoms with E-state index in [-0.39, 0.29) is 5.97 Å². The highest BCUT2D eigenvalue weighted by Crippen LogP contribution is 2.28. The first kappa shape index (κ1) is 20.3. The number of halogens is 2. The molecule has 0 amide bonds. The molecule has 0 atom stereocenters. The second kappa shape index (κ2) is 8.78. The van der Waals surface area contributed by atoms with Crippen molar-refractivity contribution in [2.24, 2.45) is 0 Å². The van der Waals surface area contributed by atoms with Crippen molar-refractivity contribution in [3.05, 3.63) is 111 Å². The first-order valence-corrected chi connectivity index (χ1v) is 10.1. The van der Waals surface area contributed by atoms with Gasteiger partial charge in [-0.25, -0.2) is 4.79 Å². The molecule has 3 aromatic carbocycles. The second-order valence-corrected chi connectivity index (χ2v) is 7.80. The van der Waals surface area contributed by atoms with Gasteiger partial charge in [0.1, 0.15) is 18.1 Å². The molecule has 0 spiro atoms. The number of carbonyl (C=O) groups excluding carboxylic acids is 1. The molecule has 150 valence electrons. The lowest BCUT2D eigenvalue weighted by Crippen LogP contribution is -1.97. The van der Waals surface area contributed by atoms with Crippen LogP contribution in [0.3, 0.4) is 0 Å². The minimum absolute atomic E-state index is 0.339. The van der Waals surface area contributed by atoms with E-state index in [9.17, 15) is 4.79 Å². The molecule has 0 saturated heterocycles. The highest BCUT2D eigenvalue weighted by atomic mass is 35.5. The van der Waals surface area contributed by atoms with E-state index in [0.717, 1.165) is 22.3 Å². The maximum absolute atomic E-state index is 12.2. The van der Waals surface area contributed by atoms with Gasteiger partial charge in [0.25, 0.3) is 0 Å². The van der Waals surface area contributed by atoms with Gasteiger partial charge < -0.3 is 9.47 Å². The minimum Gasteiger partial charge on any atom is -0.489 e. The van der Waals surface area contributed by atoms with E-state index in [4.69, 9.17) is 32.7 Å². The summed E-state index contributed by atoms with van der Waals surface area (Å²) >= 11 is 12.1. The fourth-order valence-electron chi connectivity index (χ4n) is 2.99. The van der Waals surface area contributed by atoms with Crippen LogP contribution in [0.5, 0.6) is 5.75 Å². The molecule has 3 aromatic rings. The smallest absolute Gasteiger partial charge is 0.343 e. The Morgan fingerprint density at radius 1 is 0.967 bits per heavy atom. The summed E-state index contributed by atoms with van der Waals surface area (Å²) in [7, 11) is 0. The molecule has 1 heterocycles. The van der Waals surface area contributed by atoms with Crippen LogP contribution < -0.4 is 4.74 Å². The van der Waals surface area contributed by atoms with E-state index in [1.807, 2.05) is 61.5 Å². The van der Waals surface area contributed by atoms with Crippen molar-refractivity contribution >= 4 is 41.0 Å². The highest BCUT2D eigenvalue weighted by molar-refractivity contribution is 6.35. The number of hydrogen-bond acceptors (Lipinski definition) is 3. The standard InChI is InChI=1S/C25H18Cl2O3/c1-16-2-6-18(7-3-16)24-13-20(25(28)30-24)12-17-4-10-22(11-5-17)29-15-19-8-9-21(26)14-23(19)27/h2-14H,15H2,1H3/b20-12+. The summed E-state index contributed by atoms with van der Waals surface area (Å²) in [6, 6.07) is 20.6. The average molecular weight is 437 g/mol. The zero-order valence-corrected chi connectivity index (χ0v) is 17.7.